The summed E-state index contributed by atoms with van der Waals surface area (Å²) in [7, 11) is -3.59. The maximum Gasteiger partial charge on any atom is 0.224 e. The van der Waals surface area contributed by atoms with Crippen LogP contribution in [0.4, 0.5) is 0 Å². The van der Waals surface area contributed by atoms with E-state index in [0.29, 0.717) is 55.9 Å². The Morgan fingerprint density at radius 2 is 1.33 bits per heavy atom. The van der Waals surface area contributed by atoms with Crippen LogP contribution in [0, 0.1) is 29.4 Å². The van der Waals surface area contributed by atoms with Crippen LogP contribution in [-0.4, -0.2) is 71.3 Å². The molecule has 0 saturated heterocycles. The zero-order chi connectivity index (χ0) is 50.8. The van der Waals surface area contributed by atoms with E-state index < -0.39 is 21.7 Å². The Kier molecular flexibility index (Phi) is 22.5. The van der Waals surface area contributed by atoms with Crippen LogP contribution in [0.1, 0.15) is 132 Å². The van der Waals surface area contributed by atoms with Crippen LogP contribution in [0.3, 0.4) is 0 Å². The zero-order valence-corrected chi connectivity index (χ0v) is 44.6. The number of hydrogen-bond donors (Lipinski definition) is 2. The van der Waals surface area contributed by atoms with Crippen molar-refractivity contribution in [1.82, 2.24) is 20.6 Å². The number of rotatable bonds is 25. The SMILES string of the molecule is C#CS(=O)(=O)CC[C@@H](NC(=O)[C@@H](CC(=O)CC)Cc1nc2ccc(C(C)C)cc2s1)C1CCCCC1.CCC(=O)C[C@@H](Cc1nc2ccc(Cl)cc2s1)C(=O)N[C@H](CCC(=O)CCl)Cc1ccccc1. The lowest BCUT2D eigenvalue weighted by Crippen LogP contribution is -2.45. The van der Waals surface area contributed by atoms with E-state index in [2.05, 4.69) is 41.6 Å². The summed E-state index contributed by atoms with van der Waals surface area (Å²) in [6.07, 6.45) is 13.8. The number of nitrogens with one attached hydrogen (secondary N) is 2. The first-order valence-electron chi connectivity index (χ1n) is 24.4. The second kappa shape index (κ2) is 27.9. The number of halogens is 2. The highest BCUT2D eigenvalue weighted by Crippen LogP contribution is 2.32. The van der Waals surface area contributed by atoms with Gasteiger partial charge < -0.3 is 10.6 Å². The summed E-state index contributed by atoms with van der Waals surface area (Å²) >= 11 is 14.8. The average molecular weight is 1050 g/mol. The van der Waals surface area contributed by atoms with E-state index in [4.69, 9.17) is 34.6 Å². The fraction of sp³-hybridized carbons (Fsp3) is 0.500. The van der Waals surface area contributed by atoms with Gasteiger partial charge in [0.1, 0.15) is 17.3 Å². The van der Waals surface area contributed by atoms with E-state index in [-0.39, 0.29) is 78.1 Å². The normalized spacial score (nSPS) is 14.8. The number of ketones is 3. The molecule has 2 N–H and O–H groups in total. The molecule has 0 radical (unpaired) electrons. The van der Waals surface area contributed by atoms with Gasteiger partial charge in [0.05, 0.1) is 53.9 Å². The number of Topliss-reactive ketones (excluding diaryl/α,β-unsaturated/α-hetero) is 3. The Labute approximate surface area is 431 Å². The molecule has 0 bridgehead atoms. The number of amides is 2. The van der Waals surface area contributed by atoms with Crippen molar-refractivity contribution in [2.45, 2.75) is 142 Å². The lowest BCUT2D eigenvalue weighted by molar-refractivity contribution is -0.130. The molecule has 16 heteroatoms. The molecule has 70 heavy (non-hydrogen) atoms. The molecule has 6 rings (SSSR count). The molecule has 11 nitrogen and oxygen atoms in total. The summed E-state index contributed by atoms with van der Waals surface area (Å²) in [6, 6.07) is 21.0. The first-order chi connectivity index (χ1) is 33.5. The number of alkyl halides is 1. The quantitative estimate of drug-likeness (QED) is 0.0328. The van der Waals surface area contributed by atoms with Crippen LogP contribution in [0.5, 0.6) is 0 Å². The number of hydrogen-bond acceptors (Lipinski definition) is 11. The van der Waals surface area contributed by atoms with Crippen molar-refractivity contribution >= 4 is 105 Å². The molecule has 3 aromatic carbocycles. The van der Waals surface area contributed by atoms with Gasteiger partial charge in [0.2, 0.25) is 21.7 Å². The summed E-state index contributed by atoms with van der Waals surface area (Å²) < 4.78 is 26.0. The van der Waals surface area contributed by atoms with Gasteiger partial charge in [-0.25, -0.2) is 18.4 Å². The number of carbonyl (C=O) groups excluding carboxylic acids is 5. The molecule has 2 aromatic heterocycles. The Balaban J connectivity index is 0.000000261. The Morgan fingerprint density at radius 3 is 1.89 bits per heavy atom. The molecular weight excluding hydrogens is 984 g/mol. The third-order valence-corrected chi connectivity index (χ3v) is 16.6. The molecule has 5 aromatic rings. The summed E-state index contributed by atoms with van der Waals surface area (Å²) in [4.78, 5) is 72.8. The van der Waals surface area contributed by atoms with Gasteiger partial charge in [-0.2, -0.15) is 0 Å². The highest BCUT2D eigenvalue weighted by Gasteiger charge is 2.31. The van der Waals surface area contributed by atoms with E-state index in [9.17, 15) is 32.4 Å². The van der Waals surface area contributed by atoms with Gasteiger partial charge in [-0.15, -0.1) is 40.7 Å². The van der Waals surface area contributed by atoms with Crippen molar-refractivity contribution in [1.29, 1.82) is 0 Å². The number of nitrogens with zero attached hydrogens (tertiary/aromatic N) is 2. The number of carbonyl (C=O) groups is 5. The highest BCUT2D eigenvalue weighted by atomic mass is 35.5. The maximum absolute atomic E-state index is 13.5. The number of benzene rings is 3. The monoisotopic (exact) mass is 1050 g/mol. The predicted octanol–water partition coefficient (Wildman–Crippen LogP) is 11.2. The van der Waals surface area contributed by atoms with Crippen molar-refractivity contribution in [3.63, 3.8) is 0 Å². The molecule has 4 atom stereocenters. The lowest BCUT2D eigenvalue weighted by Gasteiger charge is -2.32. The minimum Gasteiger partial charge on any atom is -0.353 e. The number of terminal acetylenes is 1. The van der Waals surface area contributed by atoms with Crippen molar-refractivity contribution < 1.29 is 32.4 Å². The summed E-state index contributed by atoms with van der Waals surface area (Å²) in [6.45, 7) is 7.90. The molecule has 1 saturated carbocycles. The molecule has 0 aliphatic heterocycles. The van der Waals surface area contributed by atoms with Crippen molar-refractivity contribution in [2.75, 3.05) is 11.6 Å². The number of sulfone groups is 1. The standard InChI is InChI=1S/C28H38N2O4S2.C26H28Cl2N2O3S/c1-5-23(31)16-22(18-27-29-25-13-12-21(19(3)4)17-26(25)35-27)28(32)30-24(14-15-36(33,34)6-2)20-10-8-7-9-11-20;1-2-21(31)13-18(14-25-30-23-11-8-19(28)15-24(23)34-25)26(33)29-20(9-10-22(32)16-27)12-17-6-4-3-5-7-17/h2,12-13,17,19-20,22,24H,5,7-11,14-16,18H2,1,3-4H3,(H,30,32);3-8,11,15,18,20H,2,9-10,12-14,16H2,1H3,(H,29,33)/t22-,24+;18-,20+/m00/s1. The Hall–Kier alpha value is -4.52. The lowest BCUT2D eigenvalue weighted by atomic mass is 9.82. The van der Waals surface area contributed by atoms with Crippen LogP contribution in [0.15, 0.2) is 66.7 Å². The van der Waals surface area contributed by atoms with Crippen LogP contribution < -0.4 is 10.6 Å². The Bertz CT molecular complexity index is 2710. The van der Waals surface area contributed by atoms with Crippen LogP contribution in [-0.2, 0) is 53.1 Å². The van der Waals surface area contributed by atoms with Crippen molar-refractivity contribution in [3.05, 3.63) is 92.9 Å². The van der Waals surface area contributed by atoms with E-state index in [1.807, 2.05) is 53.8 Å². The molecule has 1 aliphatic rings. The first kappa shape index (κ1) is 56.4. The zero-order valence-electron chi connectivity index (χ0n) is 40.6. The largest absolute Gasteiger partial charge is 0.353 e. The van der Waals surface area contributed by atoms with E-state index in [0.717, 1.165) is 68.1 Å². The minimum absolute atomic E-state index is 0.0289. The molecule has 1 aliphatic carbocycles. The van der Waals surface area contributed by atoms with E-state index in [1.54, 1.807) is 31.3 Å². The second-order valence-electron chi connectivity index (χ2n) is 18.5. The molecular formula is C54H66Cl2N4O7S3. The molecule has 376 valence electrons. The van der Waals surface area contributed by atoms with Crippen LogP contribution in [0.25, 0.3) is 20.4 Å². The molecule has 2 heterocycles. The predicted molar refractivity (Wildman–Crippen MR) is 285 cm³/mol. The topological polar surface area (TPSA) is 169 Å². The van der Waals surface area contributed by atoms with Gasteiger partial charge >= 0.3 is 0 Å². The molecule has 0 unspecified atom stereocenters. The van der Waals surface area contributed by atoms with E-state index >= 15 is 0 Å². The smallest absolute Gasteiger partial charge is 0.224 e. The second-order valence-corrected chi connectivity index (χ2v) is 23.4. The number of fused-ring (bicyclic) bond motifs is 2. The van der Waals surface area contributed by atoms with Crippen molar-refractivity contribution in [2.24, 2.45) is 17.8 Å². The van der Waals surface area contributed by atoms with Gasteiger partial charge in [0, 0.05) is 67.3 Å². The third kappa shape index (κ3) is 18.0. The number of thiazole rings is 2. The fourth-order valence-corrected chi connectivity index (χ4v) is 11.9. The van der Waals surface area contributed by atoms with Gasteiger partial charge in [0.15, 0.2) is 0 Å². The average Bonchev–Trinajstić information content (AvgIpc) is 3.96. The van der Waals surface area contributed by atoms with Crippen LogP contribution >= 0.6 is 45.9 Å². The minimum atomic E-state index is -3.59. The summed E-state index contributed by atoms with van der Waals surface area (Å²) in [5.74, 6) is -1.04. The number of aromatic nitrogens is 2. The maximum atomic E-state index is 13.5. The highest BCUT2D eigenvalue weighted by molar-refractivity contribution is 7.96. The van der Waals surface area contributed by atoms with Crippen LogP contribution in [0.2, 0.25) is 5.02 Å². The van der Waals surface area contributed by atoms with Gasteiger partial charge in [-0.1, -0.05) is 95.0 Å². The summed E-state index contributed by atoms with van der Waals surface area (Å²) in [5, 5.41) is 10.4. The Morgan fingerprint density at radius 1 is 0.757 bits per heavy atom. The first-order valence-corrected chi connectivity index (χ1v) is 28.6. The van der Waals surface area contributed by atoms with Crippen molar-refractivity contribution in [3.8, 4) is 11.7 Å². The van der Waals surface area contributed by atoms with Gasteiger partial charge in [-0.3, -0.25) is 24.0 Å². The molecule has 2 amide bonds. The fourth-order valence-electron chi connectivity index (χ4n) is 8.69. The third-order valence-electron chi connectivity index (χ3n) is 12.9. The molecule has 0 spiro atoms. The molecule has 1 fully saturated rings. The van der Waals surface area contributed by atoms with Gasteiger partial charge in [0.25, 0.3) is 0 Å². The van der Waals surface area contributed by atoms with Gasteiger partial charge in [-0.05, 0) is 85.4 Å². The van der Waals surface area contributed by atoms with E-state index in [1.165, 1.54) is 16.9 Å². The summed E-state index contributed by atoms with van der Waals surface area (Å²) in [5.41, 5.74) is 4.03.